The van der Waals surface area contributed by atoms with E-state index in [4.69, 9.17) is 18.0 Å². The minimum Gasteiger partial charge on any atom is -0.388 e. The Labute approximate surface area is 108 Å². The summed E-state index contributed by atoms with van der Waals surface area (Å²) in [6, 6.07) is 4.41. The third-order valence-corrected chi connectivity index (χ3v) is 3.82. The highest BCUT2D eigenvalue weighted by Gasteiger charge is 2.34. The van der Waals surface area contributed by atoms with Crippen LogP contribution >= 0.6 is 12.2 Å². The molecule has 0 saturated heterocycles. The molecule has 0 aromatic carbocycles. The van der Waals surface area contributed by atoms with Crippen LogP contribution in [0.15, 0.2) is 18.3 Å². The highest BCUT2D eigenvalue weighted by atomic mass is 32.1. The van der Waals surface area contributed by atoms with E-state index in [-0.39, 0.29) is 0 Å². The summed E-state index contributed by atoms with van der Waals surface area (Å²) < 4.78 is 0. The van der Waals surface area contributed by atoms with Crippen LogP contribution in [0.2, 0.25) is 0 Å². The molecule has 1 saturated carbocycles. The second-order valence-electron chi connectivity index (χ2n) is 5.37. The number of aromatic nitrogens is 1. The third kappa shape index (κ3) is 2.75. The van der Waals surface area contributed by atoms with Crippen LogP contribution in [0.5, 0.6) is 0 Å². The van der Waals surface area contributed by atoms with Crippen molar-refractivity contribution in [3.8, 4) is 0 Å². The first-order valence-corrected chi connectivity index (χ1v) is 6.42. The van der Waals surface area contributed by atoms with Gasteiger partial charge < -0.3 is 11.1 Å². The molecule has 1 aliphatic rings. The predicted molar refractivity (Wildman–Crippen MR) is 75.2 cm³/mol. The molecular formula is C13H19N3S. The maximum Gasteiger partial charge on any atom is 0.122 e. The van der Waals surface area contributed by atoms with Crippen LogP contribution in [0.4, 0.5) is 5.69 Å². The van der Waals surface area contributed by atoms with Gasteiger partial charge in [0, 0.05) is 17.9 Å². The van der Waals surface area contributed by atoms with Crippen molar-refractivity contribution in [2.75, 3.05) is 5.32 Å². The Hall–Kier alpha value is -1.16. The molecular weight excluding hydrogens is 230 g/mol. The summed E-state index contributed by atoms with van der Waals surface area (Å²) in [6.07, 6.45) is 5.53. The topological polar surface area (TPSA) is 50.9 Å². The van der Waals surface area contributed by atoms with Crippen LogP contribution in [-0.2, 0) is 0 Å². The molecule has 1 fully saturated rings. The fourth-order valence-electron chi connectivity index (χ4n) is 2.45. The van der Waals surface area contributed by atoms with E-state index in [1.54, 1.807) is 6.20 Å². The summed E-state index contributed by atoms with van der Waals surface area (Å²) in [5.74, 6) is 0. The Kier molecular flexibility index (Phi) is 3.33. The van der Waals surface area contributed by atoms with E-state index in [2.05, 4.69) is 24.1 Å². The Morgan fingerprint density at radius 1 is 1.59 bits per heavy atom. The number of nitrogens with one attached hydrogen (secondary N) is 1. The van der Waals surface area contributed by atoms with Crippen molar-refractivity contribution in [1.29, 1.82) is 0 Å². The number of thiocarbonyl (C=S) groups is 1. The summed E-state index contributed by atoms with van der Waals surface area (Å²) in [7, 11) is 0. The molecule has 3 N–H and O–H groups in total. The molecule has 1 heterocycles. The Morgan fingerprint density at radius 2 is 2.35 bits per heavy atom. The summed E-state index contributed by atoms with van der Waals surface area (Å²) in [5.41, 5.74) is 7.68. The summed E-state index contributed by atoms with van der Waals surface area (Å²) >= 11 is 4.94. The number of hydrogen-bond donors (Lipinski definition) is 2. The first-order chi connectivity index (χ1) is 7.99. The number of nitrogens with zero attached hydrogens (tertiary/aromatic N) is 1. The van der Waals surface area contributed by atoms with Crippen LogP contribution in [-0.4, -0.2) is 16.0 Å². The molecule has 0 amide bonds. The lowest BCUT2D eigenvalue weighted by Gasteiger charge is -2.28. The maximum absolute atomic E-state index is 5.59. The minimum atomic E-state index is 0.347. The van der Waals surface area contributed by atoms with Crippen molar-refractivity contribution in [2.24, 2.45) is 11.1 Å². The maximum atomic E-state index is 5.59. The Morgan fingerprint density at radius 3 is 2.94 bits per heavy atom. The molecule has 0 spiro atoms. The zero-order chi connectivity index (χ0) is 12.5. The van der Waals surface area contributed by atoms with Gasteiger partial charge in [-0.15, -0.1) is 0 Å². The molecule has 1 atom stereocenters. The zero-order valence-corrected chi connectivity index (χ0v) is 11.2. The van der Waals surface area contributed by atoms with E-state index in [1.807, 2.05) is 12.1 Å². The second-order valence-corrected chi connectivity index (χ2v) is 5.81. The first kappa shape index (κ1) is 12.3. The molecule has 92 valence electrons. The lowest BCUT2D eigenvalue weighted by atomic mass is 9.87. The van der Waals surface area contributed by atoms with E-state index < -0.39 is 0 Å². The first-order valence-electron chi connectivity index (χ1n) is 6.01. The van der Waals surface area contributed by atoms with Crippen molar-refractivity contribution in [1.82, 2.24) is 4.98 Å². The van der Waals surface area contributed by atoms with Gasteiger partial charge in [0.05, 0.1) is 5.69 Å². The largest absolute Gasteiger partial charge is 0.388 e. The molecule has 1 aromatic rings. The van der Waals surface area contributed by atoms with E-state index in [0.717, 1.165) is 5.69 Å². The van der Waals surface area contributed by atoms with Gasteiger partial charge in [-0.05, 0) is 30.4 Å². The van der Waals surface area contributed by atoms with E-state index >= 15 is 0 Å². The Bertz CT molecular complexity index is 428. The molecule has 0 radical (unpaired) electrons. The van der Waals surface area contributed by atoms with Crippen LogP contribution in [0.1, 0.15) is 38.8 Å². The van der Waals surface area contributed by atoms with Crippen molar-refractivity contribution < 1.29 is 0 Å². The van der Waals surface area contributed by atoms with Crippen molar-refractivity contribution in [3.05, 3.63) is 24.0 Å². The van der Waals surface area contributed by atoms with Crippen LogP contribution in [0.3, 0.4) is 0 Å². The molecule has 1 aromatic heterocycles. The van der Waals surface area contributed by atoms with E-state index in [1.165, 1.54) is 19.3 Å². The average Bonchev–Trinajstić information content (AvgIpc) is 2.59. The number of anilines is 1. The molecule has 0 aliphatic heterocycles. The lowest BCUT2D eigenvalue weighted by molar-refractivity contribution is 0.350. The van der Waals surface area contributed by atoms with Crippen molar-refractivity contribution in [2.45, 2.75) is 39.2 Å². The zero-order valence-electron chi connectivity index (χ0n) is 10.4. The van der Waals surface area contributed by atoms with Crippen LogP contribution in [0.25, 0.3) is 0 Å². The highest BCUT2D eigenvalue weighted by Crippen LogP contribution is 2.38. The SMILES string of the molecule is CC1(C)CCCC1Nc1ccnc(C(N)=S)c1. The van der Waals surface area contributed by atoms with Crippen molar-refractivity contribution in [3.63, 3.8) is 0 Å². The molecule has 2 rings (SSSR count). The smallest absolute Gasteiger partial charge is 0.122 e. The highest BCUT2D eigenvalue weighted by molar-refractivity contribution is 7.80. The summed E-state index contributed by atoms with van der Waals surface area (Å²) in [5, 5.41) is 3.57. The second kappa shape index (κ2) is 4.61. The minimum absolute atomic E-state index is 0.347. The molecule has 1 aliphatic carbocycles. The molecule has 1 unspecified atom stereocenters. The lowest BCUT2D eigenvalue weighted by Crippen LogP contribution is -2.30. The van der Waals surface area contributed by atoms with Gasteiger partial charge in [0.15, 0.2) is 0 Å². The van der Waals surface area contributed by atoms with Gasteiger partial charge in [0.2, 0.25) is 0 Å². The van der Waals surface area contributed by atoms with Gasteiger partial charge in [0.25, 0.3) is 0 Å². The molecule has 3 nitrogen and oxygen atoms in total. The van der Waals surface area contributed by atoms with Gasteiger partial charge in [-0.3, -0.25) is 4.98 Å². The monoisotopic (exact) mass is 249 g/mol. The standard InChI is InChI=1S/C13H19N3S/c1-13(2)6-3-4-11(13)16-9-5-7-15-10(8-9)12(14)17/h5,7-8,11H,3-4,6H2,1-2H3,(H2,14,17)(H,15,16). The van der Waals surface area contributed by atoms with Gasteiger partial charge in [-0.2, -0.15) is 0 Å². The van der Waals surface area contributed by atoms with Gasteiger partial charge in [0.1, 0.15) is 4.99 Å². The molecule has 4 heteroatoms. The van der Waals surface area contributed by atoms with Crippen molar-refractivity contribution >= 4 is 22.9 Å². The molecule has 17 heavy (non-hydrogen) atoms. The number of rotatable bonds is 3. The van der Waals surface area contributed by atoms with Gasteiger partial charge in [-0.25, -0.2) is 0 Å². The summed E-state index contributed by atoms with van der Waals surface area (Å²) in [4.78, 5) is 4.49. The third-order valence-electron chi connectivity index (χ3n) is 3.61. The fourth-order valence-corrected chi connectivity index (χ4v) is 2.56. The van der Waals surface area contributed by atoms with E-state index in [9.17, 15) is 0 Å². The quantitative estimate of drug-likeness (QED) is 0.809. The van der Waals surface area contributed by atoms with Crippen LogP contribution < -0.4 is 11.1 Å². The van der Waals surface area contributed by atoms with E-state index in [0.29, 0.717) is 22.1 Å². The fraction of sp³-hybridized carbons (Fsp3) is 0.538. The van der Waals surface area contributed by atoms with Gasteiger partial charge >= 0.3 is 0 Å². The number of pyridine rings is 1. The number of nitrogens with two attached hydrogens (primary N) is 1. The number of hydrogen-bond acceptors (Lipinski definition) is 3. The Balaban J connectivity index is 2.13. The average molecular weight is 249 g/mol. The molecule has 0 bridgehead atoms. The summed E-state index contributed by atoms with van der Waals surface area (Å²) in [6.45, 7) is 4.63. The van der Waals surface area contributed by atoms with Gasteiger partial charge in [-0.1, -0.05) is 32.5 Å². The van der Waals surface area contributed by atoms with Crippen LogP contribution in [0, 0.1) is 5.41 Å². The predicted octanol–water partition coefficient (Wildman–Crippen LogP) is 2.71. The normalized spacial score (nSPS) is 22.4.